The van der Waals surface area contributed by atoms with Crippen LogP contribution in [0.5, 0.6) is 0 Å². The van der Waals surface area contributed by atoms with Crippen molar-refractivity contribution >= 4 is 34.7 Å². The number of hydrogen-bond donors (Lipinski definition) is 1. The molecule has 0 spiro atoms. The second-order valence-electron chi connectivity index (χ2n) is 5.13. The molecule has 1 aromatic carbocycles. The van der Waals surface area contributed by atoms with Gasteiger partial charge in [0.15, 0.2) is 0 Å². The van der Waals surface area contributed by atoms with E-state index >= 15 is 0 Å². The Hall–Kier alpha value is -1.13. The molecule has 19 heavy (non-hydrogen) atoms. The summed E-state index contributed by atoms with van der Waals surface area (Å²) in [5.41, 5.74) is 5.80. The van der Waals surface area contributed by atoms with Gasteiger partial charge in [-0.15, -0.1) is 0 Å². The summed E-state index contributed by atoms with van der Waals surface area (Å²) in [7, 11) is 1.75. The lowest BCUT2D eigenvalue weighted by Crippen LogP contribution is -2.46. The van der Waals surface area contributed by atoms with E-state index in [0.717, 1.165) is 5.56 Å². The van der Waals surface area contributed by atoms with Crippen LogP contribution in [0.1, 0.15) is 32.4 Å². The van der Waals surface area contributed by atoms with Crippen LogP contribution in [-0.4, -0.2) is 22.8 Å². The molecule has 0 fully saturated rings. The second-order valence-corrected chi connectivity index (χ2v) is 6.01. The van der Waals surface area contributed by atoms with Gasteiger partial charge in [0.2, 0.25) is 5.91 Å². The monoisotopic (exact) mass is 298 g/mol. The number of carbonyl (C=O) groups is 1. The van der Waals surface area contributed by atoms with Crippen LogP contribution in [0.3, 0.4) is 0 Å². The minimum Gasteiger partial charge on any atom is -0.392 e. The van der Waals surface area contributed by atoms with Gasteiger partial charge in [0.05, 0.1) is 16.4 Å². The standard InChI is InChI=1S/C14H19ClN2OS/c1-9(10-5-7-11(15)8-6-10)17(4)13(18)14(2,3)12(16)19/h5-9H,1-4H3,(H2,16,19). The third kappa shape index (κ3) is 3.45. The molecule has 0 aliphatic heterocycles. The van der Waals surface area contributed by atoms with Gasteiger partial charge in [-0.1, -0.05) is 36.0 Å². The Morgan fingerprint density at radius 2 is 1.84 bits per heavy atom. The number of halogens is 1. The molecule has 0 aliphatic rings. The Morgan fingerprint density at radius 1 is 1.37 bits per heavy atom. The first kappa shape index (κ1) is 15.9. The molecule has 0 saturated heterocycles. The van der Waals surface area contributed by atoms with Gasteiger partial charge < -0.3 is 10.6 Å². The predicted octanol–water partition coefficient (Wildman–Crippen LogP) is 3.17. The number of hydrogen-bond acceptors (Lipinski definition) is 2. The molecule has 1 atom stereocenters. The predicted molar refractivity (Wildman–Crippen MR) is 83.2 cm³/mol. The van der Waals surface area contributed by atoms with Crippen molar-refractivity contribution in [2.75, 3.05) is 7.05 Å². The Kier molecular flexibility index (Phi) is 4.93. The minimum absolute atomic E-state index is 0.0709. The highest BCUT2D eigenvalue weighted by atomic mass is 35.5. The normalized spacial score (nSPS) is 12.9. The minimum atomic E-state index is -0.842. The van der Waals surface area contributed by atoms with Crippen LogP contribution < -0.4 is 5.73 Å². The number of nitrogens with two attached hydrogens (primary N) is 1. The molecule has 3 nitrogen and oxygen atoms in total. The van der Waals surface area contributed by atoms with Crippen LogP contribution in [0.15, 0.2) is 24.3 Å². The molecule has 0 radical (unpaired) electrons. The Bertz CT molecular complexity index is 485. The maximum atomic E-state index is 12.4. The van der Waals surface area contributed by atoms with Gasteiger partial charge in [-0.3, -0.25) is 4.79 Å². The molecule has 0 bridgehead atoms. The fraction of sp³-hybridized carbons (Fsp3) is 0.429. The van der Waals surface area contributed by atoms with E-state index in [4.69, 9.17) is 29.6 Å². The smallest absolute Gasteiger partial charge is 0.235 e. The number of rotatable bonds is 4. The van der Waals surface area contributed by atoms with E-state index in [0.29, 0.717) is 5.02 Å². The summed E-state index contributed by atoms with van der Waals surface area (Å²) in [6, 6.07) is 7.36. The molecule has 5 heteroatoms. The molecule has 104 valence electrons. The lowest BCUT2D eigenvalue weighted by molar-refractivity contribution is -0.137. The maximum absolute atomic E-state index is 12.4. The summed E-state index contributed by atoms with van der Waals surface area (Å²) >= 11 is 10.8. The topological polar surface area (TPSA) is 46.3 Å². The molecule has 1 rings (SSSR count). The number of benzene rings is 1. The fourth-order valence-electron chi connectivity index (χ4n) is 1.69. The molecule has 1 unspecified atom stereocenters. The fourth-order valence-corrected chi connectivity index (χ4v) is 1.90. The van der Waals surface area contributed by atoms with E-state index in [-0.39, 0.29) is 16.9 Å². The highest BCUT2D eigenvalue weighted by Crippen LogP contribution is 2.26. The average molecular weight is 299 g/mol. The lowest BCUT2D eigenvalue weighted by Gasteiger charge is -2.32. The van der Waals surface area contributed by atoms with Crippen LogP contribution >= 0.6 is 23.8 Å². The summed E-state index contributed by atoms with van der Waals surface area (Å²) in [6.45, 7) is 5.43. The van der Waals surface area contributed by atoms with E-state index in [1.54, 1.807) is 25.8 Å². The van der Waals surface area contributed by atoms with Crippen LogP contribution in [0.4, 0.5) is 0 Å². The maximum Gasteiger partial charge on any atom is 0.235 e. The summed E-state index contributed by atoms with van der Waals surface area (Å²) in [5.74, 6) is -0.0950. The SMILES string of the molecule is CC(c1ccc(Cl)cc1)N(C)C(=O)C(C)(C)C(N)=S. The molecular weight excluding hydrogens is 280 g/mol. The molecule has 1 aromatic rings. The van der Waals surface area contributed by atoms with Crippen molar-refractivity contribution < 1.29 is 4.79 Å². The third-order valence-corrected chi connectivity index (χ3v) is 4.17. The summed E-state index contributed by atoms with van der Waals surface area (Å²) in [5, 5.41) is 0.674. The van der Waals surface area contributed by atoms with Crippen LogP contribution in [0.25, 0.3) is 0 Å². The largest absolute Gasteiger partial charge is 0.392 e. The van der Waals surface area contributed by atoms with Gasteiger partial charge in [-0.25, -0.2) is 0 Å². The zero-order valence-corrected chi connectivity index (χ0v) is 13.2. The molecule has 2 N–H and O–H groups in total. The number of amides is 1. The Morgan fingerprint density at radius 3 is 2.26 bits per heavy atom. The van der Waals surface area contributed by atoms with Crippen molar-refractivity contribution in [3.63, 3.8) is 0 Å². The van der Waals surface area contributed by atoms with Crippen molar-refractivity contribution in [2.24, 2.45) is 11.1 Å². The Labute approximate surface area is 124 Å². The lowest BCUT2D eigenvalue weighted by atomic mass is 9.90. The van der Waals surface area contributed by atoms with Crippen molar-refractivity contribution in [3.05, 3.63) is 34.9 Å². The number of thiocarbonyl (C=S) groups is 1. The van der Waals surface area contributed by atoms with Crippen LogP contribution in [0.2, 0.25) is 5.02 Å². The van der Waals surface area contributed by atoms with Crippen LogP contribution in [-0.2, 0) is 4.79 Å². The summed E-state index contributed by atoms with van der Waals surface area (Å²) in [6.07, 6.45) is 0. The van der Waals surface area contributed by atoms with Crippen LogP contribution in [0, 0.1) is 5.41 Å². The average Bonchev–Trinajstić information content (AvgIpc) is 2.36. The van der Waals surface area contributed by atoms with Crippen molar-refractivity contribution in [2.45, 2.75) is 26.8 Å². The molecule has 1 amide bonds. The molecule has 0 aromatic heterocycles. The summed E-state index contributed by atoms with van der Waals surface area (Å²) in [4.78, 5) is 14.3. The third-order valence-electron chi connectivity index (χ3n) is 3.40. The van der Waals surface area contributed by atoms with Crippen molar-refractivity contribution in [3.8, 4) is 0 Å². The van der Waals surface area contributed by atoms with Gasteiger partial charge in [-0.05, 0) is 38.5 Å². The first-order valence-corrected chi connectivity index (χ1v) is 6.79. The first-order valence-electron chi connectivity index (χ1n) is 6.00. The van der Waals surface area contributed by atoms with E-state index in [2.05, 4.69) is 0 Å². The number of carbonyl (C=O) groups excluding carboxylic acids is 1. The first-order chi connectivity index (χ1) is 8.67. The van der Waals surface area contributed by atoms with Gasteiger partial charge in [-0.2, -0.15) is 0 Å². The quantitative estimate of drug-likeness (QED) is 0.869. The summed E-state index contributed by atoms with van der Waals surface area (Å²) < 4.78 is 0. The van der Waals surface area contributed by atoms with E-state index < -0.39 is 5.41 Å². The zero-order valence-electron chi connectivity index (χ0n) is 11.6. The van der Waals surface area contributed by atoms with Gasteiger partial charge in [0, 0.05) is 12.1 Å². The second kappa shape index (κ2) is 5.88. The number of nitrogens with zero attached hydrogens (tertiary/aromatic N) is 1. The van der Waals surface area contributed by atoms with Crippen molar-refractivity contribution in [1.82, 2.24) is 4.90 Å². The van der Waals surface area contributed by atoms with Gasteiger partial charge in [0.1, 0.15) is 0 Å². The van der Waals surface area contributed by atoms with Crippen molar-refractivity contribution in [1.29, 1.82) is 0 Å². The van der Waals surface area contributed by atoms with E-state index in [1.807, 2.05) is 31.2 Å². The van der Waals surface area contributed by atoms with Gasteiger partial charge in [0.25, 0.3) is 0 Å². The van der Waals surface area contributed by atoms with Gasteiger partial charge >= 0.3 is 0 Å². The Balaban J connectivity index is 2.94. The zero-order chi connectivity index (χ0) is 14.8. The molecular formula is C14H19ClN2OS. The van der Waals surface area contributed by atoms with E-state index in [9.17, 15) is 4.79 Å². The molecule has 0 aliphatic carbocycles. The molecule has 0 heterocycles. The molecule has 0 saturated carbocycles. The highest BCUT2D eigenvalue weighted by molar-refractivity contribution is 7.80. The highest BCUT2D eigenvalue weighted by Gasteiger charge is 2.35. The van der Waals surface area contributed by atoms with E-state index in [1.165, 1.54) is 0 Å².